The number of amides is 1. The normalized spacial score (nSPS) is 10.9. The highest BCUT2D eigenvalue weighted by atomic mass is 35.5. The number of hydrogen-bond donors (Lipinski definition) is 1. The van der Waals surface area contributed by atoms with Crippen molar-refractivity contribution in [1.29, 1.82) is 0 Å². The zero-order valence-electron chi connectivity index (χ0n) is 13.1. The topological polar surface area (TPSA) is 80.2 Å². The molecule has 1 N–H and O–H groups in total. The van der Waals surface area contributed by atoms with Crippen LogP contribution in [-0.2, 0) is 4.79 Å². The van der Waals surface area contributed by atoms with Gasteiger partial charge >= 0.3 is 6.01 Å². The lowest BCUT2D eigenvalue weighted by molar-refractivity contribution is -0.119. The van der Waals surface area contributed by atoms with Crippen LogP contribution in [0.2, 0.25) is 5.28 Å². The van der Waals surface area contributed by atoms with Crippen LogP contribution >= 0.6 is 11.6 Å². The lowest BCUT2D eigenvalue weighted by Gasteiger charge is -2.18. The first-order valence-electron chi connectivity index (χ1n) is 6.84. The van der Waals surface area contributed by atoms with Crippen molar-refractivity contribution in [2.75, 3.05) is 25.0 Å². The average Bonchev–Trinajstić information content (AvgIpc) is 2.34. The third kappa shape index (κ3) is 6.57. The fourth-order valence-corrected chi connectivity index (χ4v) is 1.56. The van der Waals surface area contributed by atoms with Crippen LogP contribution in [0.1, 0.15) is 27.7 Å². The zero-order valence-corrected chi connectivity index (χ0v) is 13.8. The van der Waals surface area contributed by atoms with Gasteiger partial charge < -0.3 is 15.0 Å². The van der Waals surface area contributed by atoms with Crippen LogP contribution in [0.4, 0.5) is 5.95 Å². The van der Waals surface area contributed by atoms with Crippen molar-refractivity contribution in [3.05, 3.63) is 5.28 Å². The Hall–Kier alpha value is -1.63. The summed E-state index contributed by atoms with van der Waals surface area (Å²) in [6.07, 6.45) is -0.0732. The fraction of sp³-hybridized carbons (Fsp3) is 0.692. The molecule has 0 aliphatic rings. The minimum Gasteiger partial charge on any atom is -0.461 e. The Morgan fingerprint density at radius 3 is 2.52 bits per heavy atom. The van der Waals surface area contributed by atoms with Crippen LogP contribution in [0.5, 0.6) is 6.01 Å². The molecule has 8 heteroatoms. The third-order valence-electron chi connectivity index (χ3n) is 2.35. The predicted octanol–water partition coefficient (Wildman–Crippen LogP) is 1.52. The molecule has 0 aliphatic carbocycles. The SMILES string of the molecule is CC(C)CNC(=O)CN(C)c1nc(Cl)nc(OC(C)C)n1. The van der Waals surface area contributed by atoms with Crippen molar-refractivity contribution >= 4 is 23.5 Å². The van der Waals surface area contributed by atoms with Gasteiger partial charge in [-0.25, -0.2) is 0 Å². The summed E-state index contributed by atoms with van der Waals surface area (Å²) in [6, 6.07) is 0.148. The van der Waals surface area contributed by atoms with Gasteiger partial charge in [-0.1, -0.05) is 13.8 Å². The molecule has 0 saturated heterocycles. The maximum Gasteiger partial charge on any atom is 0.322 e. The number of rotatable bonds is 7. The van der Waals surface area contributed by atoms with Crippen molar-refractivity contribution in [3.63, 3.8) is 0 Å². The number of aromatic nitrogens is 3. The molecule has 0 spiro atoms. The van der Waals surface area contributed by atoms with Gasteiger partial charge in [0.25, 0.3) is 0 Å². The van der Waals surface area contributed by atoms with E-state index < -0.39 is 0 Å². The van der Waals surface area contributed by atoms with Gasteiger partial charge in [0.05, 0.1) is 12.6 Å². The smallest absolute Gasteiger partial charge is 0.322 e. The lowest BCUT2D eigenvalue weighted by atomic mass is 10.2. The third-order valence-corrected chi connectivity index (χ3v) is 2.52. The van der Waals surface area contributed by atoms with Gasteiger partial charge in [0, 0.05) is 13.6 Å². The van der Waals surface area contributed by atoms with Crippen molar-refractivity contribution in [2.24, 2.45) is 5.92 Å². The molecule has 0 atom stereocenters. The summed E-state index contributed by atoms with van der Waals surface area (Å²) < 4.78 is 5.40. The van der Waals surface area contributed by atoms with Gasteiger partial charge in [0.2, 0.25) is 17.1 Å². The van der Waals surface area contributed by atoms with Gasteiger partial charge in [-0.2, -0.15) is 15.0 Å². The summed E-state index contributed by atoms with van der Waals surface area (Å²) in [7, 11) is 1.71. The first-order chi connectivity index (χ1) is 9.77. The molecule has 21 heavy (non-hydrogen) atoms. The molecule has 1 rings (SSSR count). The van der Waals surface area contributed by atoms with E-state index in [1.54, 1.807) is 11.9 Å². The molecule has 1 amide bonds. The van der Waals surface area contributed by atoms with Crippen LogP contribution < -0.4 is 15.0 Å². The number of carbonyl (C=O) groups is 1. The summed E-state index contributed by atoms with van der Waals surface area (Å²) in [5, 5.41) is 2.86. The summed E-state index contributed by atoms with van der Waals surface area (Å²) in [5.41, 5.74) is 0. The summed E-state index contributed by atoms with van der Waals surface area (Å²) >= 11 is 5.85. The van der Waals surface area contributed by atoms with Crippen LogP contribution in [0, 0.1) is 5.92 Å². The molecule has 0 aliphatic heterocycles. The van der Waals surface area contributed by atoms with E-state index in [1.165, 1.54) is 0 Å². The summed E-state index contributed by atoms with van der Waals surface area (Å²) in [5.74, 6) is 0.594. The minimum atomic E-state index is -0.103. The Morgan fingerprint density at radius 1 is 1.29 bits per heavy atom. The maximum absolute atomic E-state index is 11.8. The number of likely N-dealkylation sites (N-methyl/N-ethyl adjacent to an activating group) is 1. The zero-order chi connectivity index (χ0) is 16.0. The van der Waals surface area contributed by atoms with Crippen molar-refractivity contribution in [2.45, 2.75) is 33.8 Å². The molecule has 0 fully saturated rings. The molecule has 0 saturated carbocycles. The van der Waals surface area contributed by atoms with E-state index in [0.717, 1.165) is 0 Å². The minimum absolute atomic E-state index is 0.0325. The molecule has 1 heterocycles. The van der Waals surface area contributed by atoms with Crippen LogP contribution in [0.25, 0.3) is 0 Å². The van der Waals surface area contributed by atoms with Gasteiger partial charge in [-0.3, -0.25) is 4.79 Å². The van der Waals surface area contributed by atoms with Crippen molar-refractivity contribution in [1.82, 2.24) is 20.3 Å². The van der Waals surface area contributed by atoms with Crippen LogP contribution in [0.15, 0.2) is 0 Å². The Labute approximate surface area is 130 Å². The largest absolute Gasteiger partial charge is 0.461 e. The number of anilines is 1. The number of carbonyl (C=O) groups excluding carboxylic acids is 1. The Bertz CT molecular complexity index is 482. The second-order valence-electron chi connectivity index (χ2n) is 5.41. The predicted molar refractivity (Wildman–Crippen MR) is 81.7 cm³/mol. The fourth-order valence-electron chi connectivity index (χ4n) is 1.42. The van der Waals surface area contributed by atoms with E-state index >= 15 is 0 Å². The van der Waals surface area contributed by atoms with E-state index in [2.05, 4.69) is 20.3 Å². The molecule has 1 aromatic rings. The number of nitrogens with one attached hydrogen (secondary N) is 1. The van der Waals surface area contributed by atoms with Gasteiger partial charge in [-0.15, -0.1) is 0 Å². The first kappa shape index (κ1) is 17.4. The lowest BCUT2D eigenvalue weighted by Crippen LogP contribution is -2.37. The van der Waals surface area contributed by atoms with Crippen LogP contribution in [-0.4, -0.2) is 47.1 Å². The average molecular weight is 316 g/mol. The van der Waals surface area contributed by atoms with Crippen molar-refractivity contribution in [3.8, 4) is 6.01 Å². The maximum atomic E-state index is 11.8. The molecular weight excluding hydrogens is 294 g/mol. The van der Waals surface area contributed by atoms with E-state index in [4.69, 9.17) is 16.3 Å². The molecule has 1 aromatic heterocycles. The molecule has 118 valence electrons. The Balaban J connectivity index is 2.70. The van der Waals surface area contributed by atoms with Crippen molar-refractivity contribution < 1.29 is 9.53 Å². The molecule has 0 aromatic carbocycles. The van der Waals surface area contributed by atoms with Gasteiger partial charge in [0.1, 0.15) is 0 Å². The molecule has 0 radical (unpaired) electrons. The number of hydrogen-bond acceptors (Lipinski definition) is 6. The number of ether oxygens (including phenoxy) is 1. The molecular formula is C13H22ClN5O2. The second-order valence-corrected chi connectivity index (χ2v) is 5.75. The quantitative estimate of drug-likeness (QED) is 0.821. The first-order valence-corrected chi connectivity index (χ1v) is 7.21. The monoisotopic (exact) mass is 315 g/mol. The van der Waals surface area contributed by atoms with E-state index in [9.17, 15) is 4.79 Å². The highest BCUT2D eigenvalue weighted by Crippen LogP contribution is 2.14. The highest BCUT2D eigenvalue weighted by Gasteiger charge is 2.14. The number of nitrogens with zero attached hydrogens (tertiary/aromatic N) is 4. The number of halogens is 1. The van der Waals surface area contributed by atoms with Crippen LogP contribution in [0.3, 0.4) is 0 Å². The van der Waals surface area contributed by atoms with E-state index in [1.807, 2.05) is 27.7 Å². The Kier molecular flexibility index (Phi) is 6.61. The van der Waals surface area contributed by atoms with E-state index in [0.29, 0.717) is 18.4 Å². The Morgan fingerprint density at radius 2 is 1.95 bits per heavy atom. The molecule has 0 unspecified atom stereocenters. The second kappa shape index (κ2) is 7.97. The highest BCUT2D eigenvalue weighted by molar-refractivity contribution is 6.28. The van der Waals surface area contributed by atoms with Gasteiger partial charge in [-0.05, 0) is 31.4 Å². The molecule has 0 bridgehead atoms. The standard InChI is InChI=1S/C13H22ClN5O2/c1-8(2)6-15-10(20)7-19(5)12-16-11(14)17-13(18-12)21-9(3)4/h8-9H,6-7H2,1-5H3,(H,15,20). The summed E-state index contributed by atoms with van der Waals surface area (Å²) in [6.45, 7) is 8.55. The molecule has 7 nitrogen and oxygen atoms in total. The van der Waals surface area contributed by atoms with E-state index in [-0.39, 0.29) is 29.8 Å². The summed E-state index contributed by atoms with van der Waals surface area (Å²) in [4.78, 5) is 25.4. The van der Waals surface area contributed by atoms with Gasteiger partial charge in [0.15, 0.2) is 0 Å².